The molecular weight excluding hydrogens is 254 g/mol. The maximum atomic E-state index is 11.1. The Morgan fingerprint density at radius 3 is 3.11 bits per heavy atom. The number of hydrazine groups is 1. The Bertz CT molecular complexity index is 515. The number of aryl methyl sites for hydroxylation is 1. The van der Waals surface area contributed by atoms with Gasteiger partial charge in [-0.1, -0.05) is 5.21 Å². The van der Waals surface area contributed by atoms with Crippen molar-refractivity contribution in [2.24, 2.45) is 5.84 Å². The molecular formula is C9H11N7OS. The molecule has 18 heavy (non-hydrogen) atoms. The Hall–Kier alpha value is -2.00. The lowest BCUT2D eigenvalue weighted by molar-refractivity contribution is 0.0948. The average Bonchev–Trinajstić information content (AvgIpc) is 2.88. The summed E-state index contributed by atoms with van der Waals surface area (Å²) in [4.78, 5) is 19.2. The van der Waals surface area contributed by atoms with E-state index in [0.717, 1.165) is 10.8 Å². The van der Waals surface area contributed by atoms with Gasteiger partial charge in [-0.2, -0.15) is 0 Å². The summed E-state index contributed by atoms with van der Waals surface area (Å²) >= 11 is 1.55. The van der Waals surface area contributed by atoms with Gasteiger partial charge in [-0.05, 0) is 0 Å². The van der Waals surface area contributed by atoms with E-state index in [1.54, 1.807) is 41.2 Å². The number of hydrogen-bond acceptors (Lipinski definition) is 7. The van der Waals surface area contributed by atoms with Crippen molar-refractivity contribution in [3.63, 3.8) is 0 Å². The normalized spacial score (nSPS) is 10.3. The first-order valence-electron chi connectivity index (χ1n) is 5.09. The lowest BCUT2D eigenvalue weighted by Crippen LogP contribution is -2.30. The number of hydrogen-bond donors (Lipinski definition) is 2. The van der Waals surface area contributed by atoms with Gasteiger partial charge in [0, 0.05) is 18.1 Å². The molecule has 0 unspecified atom stereocenters. The molecule has 9 heteroatoms. The van der Waals surface area contributed by atoms with E-state index in [1.807, 2.05) is 5.43 Å². The number of carbonyl (C=O) groups excluding carboxylic acids is 1. The molecule has 0 fully saturated rings. The maximum Gasteiger partial charge on any atom is 0.287 e. The summed E-state index contributed by atoms with van der Waals surface area (Å²) in [6.07, 6.45) is 6.50. The fraction of sp³-hybridized carbons (Fsp3) is 0.222. The third-order valence-electron chi connectivity index (χ3n) is 2.01. The van der Waals surface area contributed by atoms with Crippen LogP contribution in [0.2, 0.25) is 0 Å². The van der Waals surface area contributed by atoms with Gasteiger partial charge in [0.1, 0.15) is 5.03 Å². The monoisotopic (exact) mass is 265 g/mol. The zero-order valence-electron chi connectivity index (χ0n) is 9.35. The molecule has 0 saturated carbocycles. The van der Waals surface area contributed by atoms with Crippen LogP contribution in [0.25, 0.3) is 0 Å². The van der Waals surface area contributed by atoms with Crippen molar-refractivity contribution in [2.75, 3.05) is 5.75 Å². The van der Waals surface area contributed by atoms with Gasteiger partial charge in [0.05, 0.1) is 18.9 Å². The standard InChI is InChI=1S/C9H11N7OS/c10-13-9(17)7-6-16(15-14-7)3-4-18-8-5-11-1-2-12-8/h1-2,5-6H,3-4,10H2,(H,13,17). The van der Waals surface area contributed by atoms with Crippen LogP contribution in [0, 0.1) is 0 Å². The minimum absolute atomic E-state index is 0.196. The number of thioether (sulfide) groups is 1. The molecule has 1 amide bonds. The molecule has 94 valence electrons. The number of nitrogen functional groups attached to an aromatic ring is 1. The molecule has 8 nitrogen and oxygen atoms in total. The third kappa shape index (κ3) is 3.25. The van der Waals surface area contributed by atoms with Gasteiger partial charge in [0.15, 0.2) is 5.69 Å². The van der Waals surface area contributed by atoms with Crippen LogP contribution in [0.5, 0.6) is 0 Å². The molecule has 0 atom stereocenters. The highest BCUT2D eigenvalue weighted by Gasteiger charge is 2.08. The molecule has 0 spiro atoms. The Kier molecular flexibility index (Phi) is 4.20. The number of amides is 1. The van der Waals surface area contributed by atoms with Gasteiger partial charge in [0.2, 0.25) is 0 Å². The SMILES string of the molecule is NNC(=O)c1cn(CCSc2cnccn2)nn1. The van der Waals surface area contributed by atoms with Crippen LogP contribution >= 0.6 is 11.8 Å². The van der Waals surface area contributed by atoms with E-state index in [4.69, 9.17) is 5.84 Å². The van der Waals surface area contributed by atoms with E-state index in [9.17, 15) is 4.79 Å². The molecule has 2 aromatic rings. The zero-order chi connectivity index (χ0) is 12.8. The average molecular weight is 265 g/mol. The molecule has 2 heterocycles. The Morgan fingerprint density at radius 1 is 1.50 bits per heavy atom. The quantitative estimate of drug-likeness (QED) is 0.323. The minimum Gasteiger partial charge on any atom is -0.289 e. The van der Waals surface area contributed by atoms with E-state index in [2.05, 4.69) is 20.3 Å². The van der Waals surface area contributed by atoms with Crippen molar-refractivity contribution < 1.29 is 4.79 Å². The van der Waals surface area contributed by atoms with Crippen LogP contribution in [-0.2, 0) is 6.54 Å². The van der Waals surface area contributed by atoms with Crippen molar-refractivity contribution in [2.45, 2.75) is 11.6 Å². The molecule has 0 radical (unpaired) electrons. The number of nitrogens with one attached hydrogen (secondary N) is 1. The van der Waals surface area contributed by atoms with Crippen molar-refractivity contribution in [3.8, 4) is 0 Å². The first-order valence-corrected chi connectivity index (χ1v) is 6.08. The lowest BCUT2D eigenvalue weighted by atomic mass is 10.5. The summed E-state index contributed by atoms with van der Waals surface area (Å²) in [5, 5.41) is 8.36. The fourth-order valence-corrected chi connectivity index (χ4v) is 1.95. The summed E-state index contributed by atoms with van der Waals surface area (Å²) in [6, 6.07) is 0. The first kappa shape index (κ1) is 12.5. The van der Waals surface area contributed by atoms with Gasteiger partial charge in [-0.3, -0.25) is 19.9 Å². The van der Waals surface area contributed by atoms with Crippen LogP contribution < -0.4 is 11.3 Å². The van der Waals surface area contributed by atoms with E-state index in [0.29, 0.717) is 6.54 Å². The summed E-state index contributed by atoms with van der Waals surface area (Å²) in [7, 11) is 0. The van der Waals surface area contributed by atoms with Crippen molar-refractivity contribution in [1.29, 1.82) is 0 Å². The van der Waals surface area contributed by atoms with Gasteiger partial charge in [0.25, 0.3) is 5.91 Å². The highest BCUT2D eigenvalue weighted by Crippen LogP contribution is 2.12. The Morgan fingerprint density at radius 2 is 2.39 bits per heavy atom. The fourth-order valence-electron chi connectivity index (χ4n) is 1.19. The van der Waals surface area contributed by atoms with Gasteiger partial charge < -0.3 is 0 Å². The van der Waals surface area contributed by atoms with E-state index < -0.39 is 5.91 Å². The molecule has 0 aromatic carbocycles. The van der Waals surface area contributed by atoms with Crippen LogP contribution in [0.15, 0.2) is 29.8 Å². The van der Waals surface area contributed by atoms with Crippen molar-refractivity contribution in [3.05, 3.63) is 30.5 Å². The molecule has 0 aliphatic heterocycles. The second kappa shape index (κ2) is 6.07. The second-order valence-electron chi connectivity index (χ2n) is 3.23. The van der Waals surface area contributed by atoms with E-state index >= 15 is 0 Å². The first-order chi connectivity index (χ1) is 8.79. The van der Waals surface area contributed by atoms with Crippen molar-refractivity contribution >= 4 is 17.7 Å². The molecule has 3 N–H and O–H groups in total. The summed E-state index contributed by atoms with van der Waals surface area (Å²) in [5.41, 5.74) is 2.19. The third-order valence-corrected chi connectivity index (χ3v) is 2.91. The number of rotatable bonds is 5. The maximum absolute atomic E-state index is 11.1. The zero-order valence-corrected chi connectivity index (χ0v) is 10.2. The second-order valence-corrected chi connectivity index (χ2v) is 4.35. The largest absolute Gasteiger partial charge is 0.289 e. The summed E-state index contributed by atoms with van der Waals surface area (Å²) < 4.78 is 1.58. The molecule has 0 aliphatic carbocycles. The summed E-state index contributed by atoms with van der Waals surface area (Å²) in [5.74, 6) is 5.29. The molecule has 0 aliphatic rings. The van der Waals surface area contributed by atoms with Gasteiger partial charge in [-0.15, -0.1) is 16.9 Å². The number of carbonyl (C=O) groups is 1. The minimum atomic E-state index is -0.456. The van der Waals surface area contributed by atoms with Gasteiger partial charge >= 0.3 is 0 Å². The molecule has 0 bridgehead atoms. The predicted molar refractivity (Wildman–Crippen MR) is 64.4 cm³/mol. The smallest absolute Gasteiger partial charge is 0.287 e. The lowest BCUT2D eigenvalue weighted by Gasteiger charge is -1.99. The van der Waals surface area contributed by atoms with E-state index in [1.165, 1.54) is 0 Å². The molecule has 2 rings (SSSR count). The molecule has 0 saturated heterocycles. The highest BCUT2D eigenvalue weighted by atomic mass is 32.2. The topological polar surface area (TPSA) is 112 Å². The highest BCUT2D eigenvalue weighted by molar-refractivity contribution is 7.99. The number of nitrogens with two attached hydrogens (primary N) is 1. The van der Waals surface area contributed by atoms with Crippen molar-refractivity contribution in [1.82, 2.24) is 30.4 Å². The van der Waals surface area contributed by atoms with Crippen LogP contribution in [0.3, 0.4) is 0 Å². The van der Waals surface area contributed by atoms with Crippen LogP contribution in [0.4, 0.5) is 0 Å². The predicted octanol–water partition coefficient (Wildman–Crippen LogP) is -0.536. The number of aromatic nitrogens is 5. The Balaban J connectivity index is 1.84. The summed E-state index contributed by atoms with van der Waals surface area (Å²) in [6.45, 7) is 0.617. The molecule has 2 aromatic heterocycles. The van der Waals surface area contributed by atoms with Crippen LogP contribution in [-0.4, -0.2) is 36.6 Å². The van der Waals surface area contributed by atoms with Crippen LogP contribution in [0.1, 0.15) is 10.5 Å². The Labute approximate surface area is 107 Å². The van der Waals surface area contributed by atoms with Gasteiger partial charge in [-0.25, -0.2) is 10.8 Å². The number of nitrogens with zero attached hydrogens (tertiary/aromatic N) is 5. The van der Waals surface area contributed by atoms with E-state index in [-0.39, 0.29) is 5.69 Å².